The number of aliphatic hydroxyl groups excluding tert-OH is 1. The van der Waals surface area contributed by atoms with Crippen LogP contribution in [0.5, 0.6) is 5.75 Å². The van der Waals surface area contributed by atoms with E-state index in [9.17, 15) is 9.50 Å². The van der Waals surface area contributed by atoms with Crippen LogP contribution in [0.4, 0.5) is 4.39 Å². The molecule has 0 bridgehead atoms. The number of benzene rings is 1. The van der Waals surface area contributed by atoms with E-state index in [4.69, 9.17) is 10.5 Å². The first-order chi connectivity index (χ1) is 8.11. The van der Waals surface area contributed by atoms with Gasteiger partial charge < -0.3 is 15.6 Å². The van der Waals surface area contributed by atoms with Crippen molar-refractivity contribution in [3.63, 3.8) is 0 Å². The van der Waals surface area contributed by atoms with Crippen LogP contribution in [0.2, 0.25) is 0 Å². The first-order valence-electron chi connectivity index (χ1n) is 5.93. The van der Waals surface area contributed by atoms with Crippen molar-refractivity contribution in [3.8, 4) is 5.75 Å². The highest BCUT2D eigenvalue weighted by atomic mass is 19.1. The Bertz CT molecular complexity index is 368. The Kier molecular flexibility index (Phi) is 3.64. The summed E-state index contributed by atoms with van der Waals surface area (Å²) < 4.78 is 18.5. The zero-order chi connectivity index (χ0) is 12.3. The molecule has 1 saturated carbocycles. The van der Waals surface area contributed by atoms with E-state index >= 15 is 0 Å². The van der Waals surface area contributed by atoms with Gasteiger partial charge in [-0.3, -0.25) is 0 Å². The highest BCUT2D eigenvalue weighted by Gasteiger charge is 2.33. The van der Waals surface area contributed by atoms with Gasteiger partial charge in [-0.1, -0.05) is 0 Å². The fourth-order valence-electron chi connectivity index (χ4n) is 2.29. The minimum absolute atomic E-state index is 0.00589. The van der Waals surface area contributed by atoms with Gasteiger partial charge in [0.1, 0.15) is 17.7 Å². The third kappa shape index (κ3) is 3.17. The zero-order valence-corrected chi connectivity index (χ0v) is 9.73. The van der Waals surface area contributed by atoms with Crippen molar-refractivity contribution in [3.05, 3.63) is 30.1 Å². The van der Waals surface area contributed by atoms with Gasteiger partial charge in [0.15, 0.2) is 0 Å². The first-order valence-corrected chi connectivity index (χ1v) is 5.93. The third-order valence-corrected chi connectivity index (χ3v) is 3.27. The first kappa shape index (κ1) is 12.3. The SMILES string of the molecule is NC1(CO)CCCC(Oc2ccc(F)cc2)C1. The van der Waals surface area contributed by atoms with Crippen molar-refractivity contribution in [2.24, 2.45) is 5.73 Å². The maximum Gasteiger partial charge on any atom is 0.123 e. The Morgan fingerprint density at radius 1 is 1.41 bits per heavy atom. The van der Waals surface area contributed by atoms with E-state index < -0.39 is 5.54 Å². The summed E-state index contributed by atoms with van der Waals surface area (Å²) in [7, 11) is 0. The highest BCUT2D eigenvalue weighted by molar-refractivity contribution is 5.22. The van der Waals surface area contributed by atoms with Gasteiger partial charge in [0, 0.05) is 12.0 Å². The predicted octanol–water partition coefficient (Wildman–Crippen LogP) is 1.84. The summed E-state index contributed by atoms with van der Waals surface area (Å²) in [5, 5.41) is 9.24. The molecule has 1 aromatic rings. The minimum Gasteiger partial charge on any atom is -0.490 e. The van der Waals surface area contributed by atoms with Gasteiger partial charge in [0.05, 0.1) is 6.61 Å². The molecule has 1 aliphatic carbocycles. The number of halogens is 1. The number of aliphatic hydroxyl groups is 1. The average molecular weight is 239 g/mol. The van der Waals surface area contributed by atoms with E-state index in [0.29, 0.717) is 12.2 Å². The molecule has 0 amide bonds. The van der Waals surface area contributed by atoms with E-state index in [-0.39, 0.29) is 18.5 Å². The Labute approximate surface area is 100 Å². The van der Waals surface area contributed by atoms with Crippen LogP contribution in [0.1, 0.15) is 25.7 Å². The number of rotatable bonds is 3. The molecule has 0 radical (unpaired) electrons. The Hall–Kier alpha value is -1.13. The van der Waals surface area contributed by atoms with E-state index in [1.54, 1.807) is 12.1 Å². The molecule has 0 saturated heterocycles. The number of ether oxygens (including phenoxy) is 1. The van der Waals surface area contributed by atoms with E-state index in [2.05, 4.69) is 0 Å². The fraction of sp³-hybridized carbons (Fsp3) is 0.538. The summed E-state index contributed by atoms with van der Waals surface area (Å²) in [5.41, 5.74) is 5.51. The molecule has 0 spiro atoms. The lowest BCUT2D eigenvalue weighted by atomic mass is 9.81. The van der Waals surface area contributed by atoms with Crippen LogP contribution in [0, 0.1) is 5.82 Å². The summed E-state index contributed by atoms with van der Waals surface area (Å²) in [5.74, 6) is 0.378. The van der Waals surface area contributed by atoms with Crippen LogP contribution >= 0.6 is 0 Å². The van der Waals surface area contributed by atoms with E-state index in [0.717, 1.165) is 19.3 Å². The quantitative estimate of drug-likeness (QED) is 0.846. The second kappa shape index (κ2) is 5.02. The molecule has 1 aliphatic rings. The predicted molar refractivity (Wildman–Crippen MR) is 63.3 cm³/mol. The molecule has 94 valence electrons. The highest BCUT2D eigenvalue weighted by Crippen LogP contribution is 2.29. The van der Waals surface area contributed by atoms with Crippen LogP contribution in [0.3, 0.4) is 0 Å². The van der Waals surface area contributed by atoms with Crippen LogP contribution < -0.4 is 10.5 Å². The Morgan fingerprint density at radius 3 is 2.76 bits per heavy atom. The van der Waals surface area contributed by atoms with Crippen molar-refractivity contribution in [1.29, 1.82) is 0 Å². The molecule has 0 heterocycles. The molecule has 2 rings (SSSR count). The molecule has 4 heteroatoms. The summed E-state index contributed by atoms with van der Waals surface area (Å²) >= 11 is 0. The van der Waals surface area contributed by atoms with Crippen molar-refractivity contribution in [2.75, 3.05) is 6.61 Å². The van der Waals surface area contributed by atoms with Crippen LogP contribution in [0.15, 0.2) is 24.3 Å². The molecular formula is C13H18FNO2. The molecule has 2 atom stereocenters. The Balaban J connectivity index is 1.97. The topological polar surface area (TPSA) is 55.5 Å². The van der Waals surface area contributed by atoms with Crippen molar-refractivity contribution in [2.45, 2.75) is 37.3 Å². The second-order valence-corrected chi connectivity index (χ2v) is 4.81. The molecule has 17 heavy (non-hydrogen) atoms. The normalized spacial score (nSPS) is 29.0. The number of hydrogen-bond donors (Lipinski definition) is 2. The smallest absolute Gasteiger partial charge is 0.123 e. The van der Waals surface area contributed by atoms with Gasteiger partial charge in [-0.05, 0) is 43.5 Å². The molecule has 0 aliphatic heterocycles. The standard InChI is InChI=1S/C13H18FNO2/c14-10-3-5-11(6-4-10)17-12-2-1-7-13(15,8-12)9-16/h3-6,12,16H,1-2,7-9,15H2. The number of hydrogen-bond acceptors (Lipinski definition) is 3. The lowest BCUT2D eigenvalue weighted by molar-refractivity contribution is 0.0728. The summed E-state index contributed by atoms with van der Waals surface area (Å²) in [6.07, 6.45) is 3.35. The third-order valence-electron chi connectivity index (χ3n) is 3.27. The molecule has 3 nitrogen and oxygen atoms in total. The maximum atomic E-state index is 12.7. The molecule has 3 N–H and O–H groups in total. The molecule has 1 aromatic carbocycles. The monoisotopic (exact) mass is 239 g/mol. The fourth-order valence-corrected chi connectivity index (χ4v) is 2.29. The zero-order valence-electron chi connectivity index (χ0n) is 9.73. The lowest BCUT2D eigenvalue weighted by Gasteiger charge is -2.36. The van der Waals surface area contributed by atoms with Crippen LogP contribution in [0.25, 0.3) is 0 Å². The van der Waals surface area contributed by atoms with Gasteiger partial charge in [0.25, 0.3) is 0 Å². The van der Waals surface area contributed by atoms with Crippen LogP contribution in [-0.4, -0.2) is 23.4 Å². The van der Waals surface area contributed by atoms with Gasteiger partial charge in [-0.15, -0.1) is 0 Å². The second-order valence-electron chi connectivity index (χ2n) is 4.81. The van der Waals surface area contributed by atoms with Crippen molar-refractivity contribution < 1.29 is 14.2 Å². The van der Waals surface area contributed by atoms with Crippen molar-refractivity contribution in [1.82, 2.24) is 0 Å². The van der Waals surface area contributed by atoms with Gasteiger partial charge in [-0.25, -0.2) is 4.39 Å². The molecule has 0 aromatic heterocycles. The van der Waals surface area contributed by atoms with Gasteiger partial charge >= 0.3 is 0 Å². The maximum absolute atomic E-state index is 12.7. The van der Waals surface area contributed by atoms with Gasteiger partial charge in [-0.2, -0.15) is 0 Å². The summed E-state index contributed by atoms with van der Waals surface area (Å²) in [6, 6.07) is 5.97. The largest absolute Gasteiger partial charge is 0.490 e. The van der Waals surface area contributed by atoms with Crippen LogP contribution in [-0.2, 0) is 0 Å². The Morgan fingerprint density at radius 2 is 2.12 bits per heavy atom. The molecule has 2 unspecified atom stereocenters. The minimum atomic E-state index is -0.525. The molecular weight excluding hydrogens is 221 g/mol. The summed E-state index contributed by atoms with van der Waals surface area (Å²) in [4.78, 5) is 0. The number of nitrogens with two attached hydrogens (primary N) is 1. The van der Waals surface area contributed by atoms with E-state index in [1.165, 1.54) is 12.1 Å². The van der Waals surface area contributed by atoms with Gasteiger partial charge in [0.2, 0.25) is 0 Å². The summed E-state index contributed by atoms with van der Waals surface area (Å²) in [6.45, 7) is -0.0176. The lowest BCUT2D eigenvalue weighted by Crippen LogP contribution is -2.50. The van der Waals surface area contributed by atoms with E-state index in [1.807, 2.05) is 0 Å². The molecule has 1 fully saturated rings. The van der Waals surface area contributed by atoms with Crippen molar-refractivity contribution >= 4 is 0 Å². The average Bonchev–Trinajstić information content (AvgIpc) is 2.32.